The van der Waals surface area contributed by atoms with E-state index in [-0.39, 0.29) is 6.10 Å². The number of oxime groups is 1. The second kappa shape index (κ2) is 4.58. The summed E-state index contributed by atoms with van der Waals surface area (Å²) < 4.78 is 0.844. The molecule has 0 spiro atoms. The first-order chi connectivity index (χ1) is 8.33. The van der Waals surface area contributed by atoms with Gasteiger partial charge >= 0.3 is 0 Å². The van der Waals surface area contributed by atoms with E-state index in [1.807, 2.05) is 23.6 Å². The molecular formula is C12H9BrN2OS. The van der Waals surface area contributed by atoms with Crippen LogP contribution in [0.5, 0.6) is 0 Å². The summed E-state index contributed by atoms with van der Waals surface area (Å²) in [6.07, 6.45) is 0.718. The van der Waals surface area contributed by atoms with Crippen LogP contribution in [-0.4, -0.2) is 9.60 Å². The molecule has 0 radical (unpaired) electrons. The van der Waals surface area contributed by atoms with Gasteiger partial charge in [-0.1, -0.05) is 35.5 Å². The number of nitrogens with zero attached hydrogens (tertiary/aromatic N) is 2. The fourth-order valence-electron chi connectivity index (χ4n) is 1.65. The Morgan fingerprint density at radius 1 is 1.29 bits per heavy atom. The molecule has 0 bridgehead atoms. The van der Waals surface area contributed by atoms with Crippen LogP contribution < -0.4 is 0 Å². The van der Waals surface area contributed by atoms with Crippen LogP contribution in [0, 0.1) is 0 Å². The minimum Gasteiger partial charge on any atom is -0.385 e. The number of aromatic nitrogens is 1. The molecule has 3 rings (SSSR count). The van der Waals surface area contributed by atoms with E-state index in [1.165, 1.54) is 0 Å². The predicted octanol–water partition coefficient (Wildman–Crippen LogP) is 3.98. The zero-order valence-electron chi connectivity index (χ0n) is 8.84. The van der Waals surface area contributed by atoms with Crippen molar-refractivity contribution in [1.82, 2.24) is 4.98 Å². The molecule has 0 saturated carbocycles. The van der Waals surface area contributed by atoms with E-state index < -0.39 is 0 Å². The van der Waals surface area contributed by atoms with Crippen molar-refractivity contribution in [2.45, 2.75) is 12.5 Å². The topological polar surface area (TPSA) is 34.5 Å². The van der Waals surface area contributed by atoms with Gasteiger partial charge in [-0.15, -0.1) is 11.3 Å². The Morgan fingerprint density at radius 3 is 2.82 bits per heavy atom. The van der Waals surface area contributed by atoms with Gasteiger partial charge in [0, 0.05) is 17.4 Å². The van der Waals surface area contributed by atoms with E-state index in [0.29, 0.717) is 0 Å². The lowest BCUT2D eigenvalue weighted by Crippen LogP contribution is -1.97. The average Bonchev–Trinajstić information content (AvgIpc) is 2.98. The van der Waals surface area contributed by atoms with E-state index in [1.54, 1.807) is 11.3 Å². The Balaban J connectivity index is 1.84. The highest BCUT2D eigenvalue weighted by molar-refractivity contribution is 9.18. The fourth-order valence-corrected chi connectivity index (χ4v) is 2.90. The number of hydrogen-bond donors (Lipinski definition) is 0. The number of hydrogen-bond acceptors (Lipinski definition) is 4. The summed E-state index contributed by atoms with van der Waals surface area (Å²) in [6.45, 7) is 0. The molecule has 3 nitrogen and oxygen atoms in total. The standard InChI is InChI=1S/C12H9BrN2OS/c13-11-6-10(16-15-11)9-7-17-12(14-9)8-4-2-1-3-5-8/h1-5,7,10H,6H2/t10-/m1/s1. The number of benzene rings is 1. The normalized spacial score (nSPS) is 18.9. The molecule has 2 aromatic rings. The Bertz CT molecular complexity index is 553. The van der Waals surface area contributed by atoms with E-state index in [4.69, 9.17) is 4.84 Å². The molecule has 2 heterocycles. The molecule has 17 heavy (non-hydrogen) atoms. The molecule has 0 N–H and O–H groups in total. The van der Waals surface area contributed by atoms with Crippen molar-refractivity contribution in [3.8, 4) is 10.6 Å². The van der Waals surface area contributed by atoms with Crippen molar-refractivity contribution in [2.75, 3.05) is 0 Å². The molecule has 0 amide bonds. The van der Waals surface area contributed by atoms with Crippen LogP contribution in [0.1, 0.15) is 18.2 Å². The average molecular weight is 309 g/mol. The van der Waals surface area contributed by atoms with Gasteiger partial charge in [-0.3, -0.25) is 0 Å². The molecule has 0 unspecified atom stereocenters. The van der Waals surface area contributed by atoms with E-state index in [2.05, 4.69) is 38.2 Å². The summed E-state index contributed by atoms with van der Waals surface area (Å²) in [7, 11) is 0. The van der Waals surface area contributed by atoms with Gasteiger partial charge in [0.05, 0.1) is 5.69 Å². The predicted molar refractivity (Wildman–Crippen MR) is 72.4 cm³/mol. The Labute approximate surface area is 111 Å². The highest BCUT2D eigenvalue weighted by Crippen LogP contribution is 2.32. The van der Waals surface area contributed by atoms with Gasteiger partial charge in [0.1, 0.15) is 9.63 Å². The van der Waals surface area contributed by atoms with Crippen molar-refractivity contribution >= 4 is 31.9 Å². The van der Waals surface area contributed by atoms with Crippen LogP contribution in [0.25, 0.3) is 10.6 Å². The lowest BCUT2D eigenvalue weighted by Gasteiger charge is -2.02. The van der Waals surface area contributed by atoms with E-state index in [9.17, 15) is 0 Å². The maximum atomic E-state index is 5.29. The molecule has 1 aliphatic rings. The molecule has 1 aliphatic heterocycles. The fraction of sp³-hybridized carbons (Fsp3) is 0.167. The largest absolute Gasteiger partial charge is 0.385 e. The second-order valence-corrected chi connectivity index (χ2v) is 5.48. The van der Waals surface area contributed by atoms with Crippen LogP contribution in [-0.2, 0) is 4.84 Å². The third-order valence-electron chi connectivity index (χ3n) is 2.51. The minimum absolute atomic E-state index is 0.0434. The van der Waals surface area contributed by atoms with Gasteiger partial charge in [-0.2, -0.15) is 0 Å². The van der Waals surface area contributed by atoms with Crippen LogP contribution in [0.4, 0.5) is 0 Å². The SMILES string of the molecule is BrC1=NO[C@@H](c2csc(-c3ccccc3)n2)C1. The summed E-state index contributed by atoms with van der Waals surface area (Å²) in [4.78, 5) is 9.88. The number of halogens is 1. The maximum absolute atomic E-state index is 5.29. The highest BCUT2D eigenvalue weighted by Gasteiger charge is 2.23. The van der Waals surface area contributed by atoms with Crippen LogP contribution in [0.15, 0.2) is 40.9 Å². The molecule has 1 aromatic heterocycles. The molecule has 1 atom stereocenters. The smallest absolute Gasteiger partial charge is 0.176 e. The molecule has 86 valence electrons. The zero-order chi connectivity index (χ0) is 11.7. The third-order valence-corrected chi connectivity index (χ3v) is 3.88. The summed E-state index contributed by atoms with van der Waals surface area (Å²) >= 11 is 4.96. The third kappa shape index (κ3) is 2.25. The lowest BCUT2D eigenvalue weighted by molar-refractivity contribution is 0.0831. The molecule has 0 saturated heterocycles. The molecule has 0 aliphatic carbocycles. The van der Waals surface area contributed by atoms with Gasteiger partial charge in [-0.05, 0) is 15.9 Å². The quantitative estimate of drug-likeness (QED) is 0.841. The van der Waals surface area contributed by atoms with E-state index >= 15 is 0 Å². The Hall–Kier alpha value is -1.20. The first-order valence-corrected chi connectivity index (χ1v) is 6.89. The molecule has 5 heteroatoms. The van der Waals surface area contributed by atoms with Crippen molar-refractivity contribution < 1.29 is 4.84 Å². The molecule has 0 fully saturated rings. The molecular weight excluding hydrogens is 300 g/mol. The van der Waals surface area contributed by atoms with Crippen LogP contribution >= 0.6 is 27.3 Å². The summed E-state index contributed by atoms with van der Waals surface area (Å²) in [5.41, 5.74) is 2.09. The van der Waals surface area contributed by atoms with Crippen molar-refractivity contribution in [3.63, 3.8) is 0 Å². The summed E-state index contributed by atoms with van der Waals surface area (Å²) in [6, 6.07) is 10.2. The second-order valence-electron chi connectivity index (χ2n) is 3.71. The summed E-state index contributed by atoms with van der Waals surface area (Å²) in [5, 5.41) is 6.93. The van der Waals surface area contributed by atoms with Crippen molar-refractivity contribution in [1.29, 1.82) is 0 Å². The number of rotatable bonds is 2. The Morgan fingerprint density at radius 2 is 2.12 bits per heavy atom. The van der Waals surface area contributed by atoms with Gasteiger partial charge in [0.15, 0.2) is 6.10 Å². The maximum Gasteiger partial charge on any atom is 0.176 e. The first kappa shape index (κ1) is 10.9. The monoisotopic (exact) mass is 308 g/mol. The van der Waals surface area contributed by atoms with Gasteiger partial charge in [0.2, 0.25) is 0 Å². The van der Waals surface area contributed by atoms with Crippen LogP contribution in [0.2, 0.25) is 0 Å². The van der Waals surface area contributed by atoms with Crippen molar-refractivity contribution in [2.24, 2.45) is 5.16 Å². The summed E-state index contributed by atoms with van der Waals surface area (Å²) in [5.74, 6) is 0. The van der Waals surface area contributed by atoms with E-state index in [0.717, 1.165) is 27.3 Å². The van der Waals surface area contributed by atoms with Gasteiger partial charge in [-0.25, -0.2) is 4.98 Å². The van der Waals surface area contributed by atoms with Gasteiger partial charge < -0.3 is 4.84 Å². The lowest BCUT2D eigenvalue weighted by atomic mass is 10.2. The van der Waals surface area contributed by atoms with Crippen LogP contribution in [0.3, 0.4) is 0 Å². The highest BCUT2D eigenvalue weighted by atomic mass is 79.9. The zero-order valence-corrected chi connectivity index (χ0v) is 11.2. The minimum atomic E-state index is -0.0434. The Kier molecular flexibility index (Phi) is 2.94. The molecule has 1 aromatic carbocycles. The number of thiazole rings is 1. The van der Waals surface area contributed by atoms with Gasteiger partial charge in [0.25, 0.3) is 0 Å². The van der Waals surface area contributed by atoms with Crippen molar-refractivity contribution in [3.05, 3.63) is 41.4 Å². The first-order valence-electron chi connectivity index (χ1n) is 5.22.